The summed E-state index contributed by atoms with van der Waals surface area (Å²) in [4.78, 5) is 12.6. The normalized spacial score (nSPS) is 16.7. The van der Waals surface area contributed by atoms with E-state index in [9.17, 15) is 4.79 Å². The molecular formula is C32H44O2. The van der Waals surface area contributed by atoms with Crippen LogP contribution in [0.2, 0.25) is 0 Å². The van der Waals surface area contributed by atoms with E-state index in [1.807, 2.05) is 24.3 Å². The van der Waals surface area contributed by atoms with Crippen LogP contribution in [0.5, 0.6) is 5.75 Å². The lowest BCUT2D eigenvalue weighted by molar-refractivity contribution is 0.0734. The van der Waals surface area contributed by atoms with Crippen molar-refractivity contribution in [2.75, 3.05) is 0 Å². The number of esters is 1. The molecule has 1 aliphatic rings. The van der Waals surface area contributed by atoms with E-state index in [2.05, 4.69) is 51.1 Å². The number of allylic oxidation sites excluding steroid dienone is 2. The van der Waals surface area contributed by atoms with Crippen molar-refractivity contribution in [1.82, 2.24) is 0 Å². The van der Waals surface area contributed by atoms with Gasteiger partial charge >= 0.3 is 5.97 Å². The van der Waals surface area contributed by atoms with Crippen molar-refractivity contribution in [3.8, 4) is 5.75 Å². The topological polar surface area (TPSA) is 26.3 Å². The molecule has 34 heavy (non-hydrogen) atoms. The Hall–Kier alpha value is -2.35. The Morgan fingerprint density at radius 1 is 0.941 bits per heavy atom. The molecule has 1 aliphatic carbocycles. The SMILES string of the molecule is CCCCCCCCc1ccc(OC(=O)c2ccc(C3=CCC(CC(C)CC)CC3)cc2)cc1. The maximum absolute atomic E-state index is 12.6. The van der Waals surface area contributed by atoms with Gasteiger partial charge in [-0.3, -0.25) is 0 Å². The average molecular weight is 461 g/mol. The Morgan fingerprint density at radius 2 is 1.65 bits per heavy atom. The third-order valence-corrected chi connectivity index (χ3v) is 7.40. The van der Waals surface area contributed by atoms with Crippen molar-refractivity contribution in [3.05, 3.63) is 71.3 Å². The quantitative estimate of drug-likeness (QED) is 0.169. The van der Waals surface area contributed by atoms with Crippen LogP contribution >= 0.6 is 0 Å². The second kappa shape index (κ2) is 14.1. The van der Waals surface area contributed by atoms with E-state index in [-0.39, 0.29) is 5.97 Å². The van der Waals surface area contributed by atoms with Crippen molar-refractivity contribution in [3.63, 3.8) is 0 Å². The molecule has 2 heteroatoms. The fourth-order valence-corrected chi connectivity index (χ4v) is 4.92. The zero-order chi connectivity index (χ0) is 24.2. The van der Waals surface area contributed by atoms with Crippen LogP contribution in [-0.2, 0) is 6.42 Å². The third kappa shape index (κ3) is 8.46. The first-order valence-corrected chi connectivity index (χ1v) is 13.7. The Balaban J connectivity index is 1.46. The van der Waals surface area contributed by atoms with Crippen LogP contribution in [0, 0.1) is 11.8 Å². The first-order chi connectivity index (χ1) is 16.6. The smallest absolute Gasteiger partial charge is 0.343 e. The highest BCUT2D eigenvalue weighted by Crippen LogP contribution is 2.34. The van der Waals surface area contributed by atoms with E-state index in [1.165, 1.54) is 80.9 Å². The number of aryl methyl sites for hydroxylation is 1. The summed E-state index contributed by atoms with van der Waals surface area (Å²) in [7, 11) is 0. The maximum Gasteiger partial charge on any atom is 0.343 e. The van der Waals surface area contributed by atoms with Crippen LogP contribution in [0.3, 0.4) is 0 Å². The largest absolute Gasteiger partial charge is 0.423 e. The van der Waals surface area contributed by atoms with Gasteiger partial charge in [0.25, 0.3) is 0 Å². The molecule has 3 rings (SSSR count). The summed E-state index contributed by atoms with van der Waals surface area (Å²) < 4.78 is 5.62. The summed E-state index contributed by atoms with van der Waals surface area (Å²) in [6.45, 7) is 6.90. The minimum atomic E-state index is -0.290. The molecule has 0 saturated carbocycles. The van der Waals surface area contributed by atoms with E-state index in [0.717, 1.165) is 24.7 Å². The van der Waals surface area contributed by atoms with Crippen LogP contribution < -0.4 is 4.74 Å². The predicted molar refractivity (Wildman–Crippen MR) is 144 cm³/mol. The number of unbranched alkanes of at least 4 members (excludes halogenated alkanes) is 5. The minimum absolute atomic E-state index is 0.290. The fraction of sp³-hybridized carbons (Fsp3) is 0.531. The molecule has 2 unspecified atom stereocenters. The van der Waals surface area contributed by atoms with Gasteiger partial charge in [0.2, 0.25) is 0 Å². The molecule has 184 valence electrons. The molecule has 0 saturated heterocycles. The molecule has 0 bridgehead atoms. The third-order valence-electron chi connectivity index (χ3n) is 7.40. The summed E-state index contributed by atoms with van der Waals surface area (Å²) in [6.07, 6.45) is 17.5. The number of rotatable bonds is 13. The summed E-state index contributed by atoms with van der Waals surface area (Å²) in [5, 5.41) is 0. The predicted octanol–water partition coefficient (Wildman–Crippen LogP) is 9.43. The van der Waals surface area contributed by atoms with Crippen LogP contribution in [0.4, 0.5) is 0 Å². The van der Waals surface area contributed by atoms with Gasteiger partial charge < -0.3 is 4.74 Å². The highest BCUT2D eigenvalue weighted by atomic mass is 16.5. The van der Waals surface area contributed by atoms with Crippen LogP contribution in [0.25, 0.3) is 5.57 Å². The number of hydrogen-bond acceptors (Lipinski definition) is 2. The van der Waals surface area contributed by atoms with Gasteiger partial charge in [-0.1, -0.05) is 89.6 Å². The van der Waals surface area contributed by atoms with Crippen LogP contribution in [-0.4, -0.2) is 5.97 Å². The Labute approximate surface area is 207 Å². The van der Waals surface area contributed by atoms with Crippen molar-refractivity contribution >= 4 is 11.5 Å². The molecule has 0 N–H and O–H groups in total. The van der Waals surface area contributed by atoms with E-state index >= 15 is 0 Å². The van der Waals surface area contributed by atoms with E-state index < -0.39 is 0 Å². The first kappa shape index (κ1) is 26.3. The number of benzene rings is 2. The van der Waals surface area contributed by atoms with Crippen molar-refractivity contribution in [2.45, 2.75) is 97.8 Å². The molecule has 2 atom stereocenters. The van der Waals surface area contributed by atoms with Gasteiger partial charge in [-0.25, -0.2) is 4.79 Å². The molecule has 0 radical (unpaired) electrons. The molecule has 2 nitrogen and oxygen atoms in total. The monoisotopic (exact) mass is 460 g/mol. The summed E-state index contributed by atoms with van der Waals surface area (Å²) >= 11 is 0. The van der Waals surface area contributed by atoms with Crippen LogP contribution in [0.1, 0.15) is 113 Å². The lowest BCUT2D eigenvalue weighted by Gasteiger charge is -2.24. The van der Waals surface area contributed by atoms with Gasteiger partial charge in [0.1, 0.15) is 5.75 Å². The fourth-order valence-electron chi connectivity index (χ4n) is 4.92. The molecular weight excluding hydrogens is 416 g/mol. The van der Waals surface area contributed by atoms with Gasteiger partial charge in [-0.05, 0) is 91.3 Å². The standard InChI is InChI=1S/C32H44O2/c1-4-6-7-8-9-10-11-26-14-22-31(23-15-26)34-32(33)30-20-18-29(19-21-30)28-16-12-27(13-17-28)24-25(3)5-2/h14-16,18-23,25,27H,4-13,17,24H2,1-3H3. The molecule has 0 aromatic heterocycles. The Morgan fingerprint density at radius 3 is 2.29 bits per heavy atom. The van der Waals surface area contributed by atoms with Crippen LogP contribution in [0.15, 0.2) is 54.6 Å². The van der Waals surface area contributed by atoms with E-state index in [4.69, 9.17) is 4.74 Å². The number of carbonyl (C=O) groups excluding carboxylic acids is 1. The van der Waals surface area contributed by atoms with Gasteiger partial charge in [0.15, 0.2) is 0 Å². The lowest BCUT2D eigenvalue weighted by atomic mass is 9.81. The highest BCUT2D eigenvalue weighted by Gasteiger charge is 2.18. The molecule has 2 aromatic carbocycles. The molecule has 0 spiro atoms. The Bertz CT molecular complexity index is 892. The minimum Gasteiger partial charge on any atom is -0.423 e. The van der Waals surface area contributed by atoms with Gasteiger partial charge in [0.05, 0.1) is 5.56 Å². The first-order valence-electron chi connectivity index (χ1n) is 13.7. The average Bonchev–Trinajstić information content (AvgIpc) is 2.87. The molecule has 0 fully saturated rings. The zero-order valence-corrected chi connectivity index (χ0v) is 21.7. The van der Waals surface area contributed by atoms with Crippen molar-refractivity contribution in [1.29, 1.82) is 0 Å². The maximum atomic E-state index is 12.6. The summed E-state index contributed by atoms with van der Waals surface area (Å²) in [6, 6.07) is 15.9. The van der Waals surface area contributed by atoms with Gasteiger partial charge in [-0.15, -0.1) is 0 Å². The summed E-state index contributed by atoms with van der Waals surface area (Å²) in [5.41, 5.74) is 4.57. The molecule has 0 amide bonds. The number of ether oxygens (including phenoxy) is 1. The zero-order valence-electron chi connectivity index (χ0n) is 21.7. The Kier molecular flexibility index (Phi) is 10.9. The van der Waals surface area contributed by atoms with Gasteiger partial charge in [0, 0.05) is 0 Å². The number of carbonyl (C=O) groups is 1. The second-order valence-electron chi connectivity index (χ2n) is 10.2. The van der Waals surface area contributed by atoms with E-state index in [1.54, 1.807) is 0 Å². The molecule has 2 aromatic rings. The highest BCUT2D eigenvalue weighted by molar-refractivity contribution is 5.91. The second-order valence-corrected chi connectivity index (χ2v) is 10.2. The lowest BCUT2D eigenvalue weighted by Crippen LogP contribution is -2.10. The van der Waals surface area contributed by atoms with E-state index in [0.29, 0.717) is 11.3 Å². The van der Waals surface area contributed by atoms with Gasteiger partial charge in [-0.2, -0.15) is 0 Å². The molecule has 0 heterocycles. The van der Waals surface area contributed by atoms with Crippen molar-refractivity contribution in [2.24, 2.45) is 11.8 Å². The molecule has 0 aliphatic heterocycles. The summed E-state index contributed by atoms with van der Waals surface area (Å²) in [5.74, 6) is 1.97. The van der Waals surface area contributed by atoms with Crippen molar-refractivity contribution < 1.29 is 9.53 Å². The number of hydrogen-bond donors (Lipinski definition) is 0.